The van der Waals surface area contributed by atoms with E-state index in [1.54, 1.807) is 17.7 Å². The molecule has 1 aromatic heterocycles. The van der Waals surface area contributed by atoms with Gasteiger partial charge in [-0.3, -0.25) is 9.36 Å². The Kier molecular flexibility index (Phi) is 5.81. The van der Waals surface area contributed by atoms with Crippen LogP contribution in [0.15, 0.2) is 53.3 Å². The molecule has 1 atom stereocenters. The smallest absolute Gasteiger partial charge is 0.326 e. The third-order valence-electron chi connectivity index (χ3n) is 5.74. The summed E-state index contributed by atoms with van der Waals surface area (Å²) in [5.41, 5.74) is 3.18. The largest absolute Gasteiger partial charge is 0.383 e. The van der Waals surface area contributed by atoms with Crippen molar-refractivity contribution in [3.05, 3.63) is 70.1 Å². The summed E-state index contributed by atoms with van der Waals surface area (Å²) >= 11 is 0. The summed E-state index contributed by atoms with van der Waals surface area (Å²) in [5.74, 6) is 0.0398. The number of nitrogens with zero attached hydrogens (tertiary/aromatic N) is 2. The molecular weight excluding hydrogens is 366 g/mol. The molecule has 2 aromatic carbocycles. The predicted octanol–water partition coefficient (Wildman–Crippen LogP) is 3.21. The van der Waals surface area contributed by atoms with Gasteiger partial charge in [0.1, 0.15) is 0 Å². The Morgan fingerprint density at radius 1 is 1.17 bits per heavy atom. The maximum Gasteiger partial charge on any atom is 0.326 e. The van der Waals surface area contributed by atoms with E-state index in [0.717, 1.165) is 37.7 Å². The SMILES string of the molecule is COCCn1c(=O)[nH]c2cc(C(=O)N3CCCCC3Cc3ccccc3)ccc21. The van der Waals surface area contributed by atoms with Crippen LogP contribution in [0.5, 0.6) is 0 Å². The lowest BCUT2D eigenvalue weighted by Crippen LogP contribution is -2.44. The Morgan fingerprint density at radius 3 is 2.79 bits per heavy atom. The molecule has 0 spiro atoms. The van der Waals surface area contributed by atoms with E-state index in [9.17, 15) is 9.59 Å². The number of ether oxygens (including phenoxy) is 1. The van der Waals surface area contributed by atoms with Crippen molar-refractivity contribution in [2.75, 3.05) is 20.3 Å². The van der Waals surface area contributed by atoms with Crippen LogP contribution in [0.2, 0.25) is 0 Å². The van der Waals surface area contributed by atoms with E-state index in [0.29, 0.717) is 24.2 Å². The number of fused-ring (bicyclic) bond motifs is 1. The highest BCUT2D eigenvalue weighted by Crippen LogP contribution is 2.24. The van der Waals surface area contributed by atoms with E-state index in [2.05, 4.69) is 17.1 Å². The molecule has 1 N–H and O–H groups in total. The van der Waals surface area contributed by atoms with Crippen LogP contribution in [-0.4, -0.2) is 46.7 Å². The quantitative estimate of drug-likeness (QED) is 0.699. The summed E-state index contributed by atoms with van der Waals surface area (Å²) in [4.78, 5) is 30.4. The molecule has 0 aliphatic carbocycles. The number of piperidine rings is 1. The lowest BCUT2D eigenvalue weighted by atomic mass is 9.95. The van der Waals surface area contributed by atoms with E-state index < -0.39 is 0 Å². The molecule has 1 fully saturated rings. The number of likely N-dealkylation sites (tertiary alicyclic amines) is 1. The van der Waals surface area contributed by atoms with Gasteiger partial charge in [-0.25, -0.2) is 4.79 Å². The first-order valence-electron chi connectivity index (χ1n) is 10.2. The minimum absolute atomic E-state index is 0.0398. The number of aromatic amines is 1. The molecule has 6 nitrogen and oxygen atoms in total. The molecule has 1 aliphatic heterocycles. The van der Waals surface area contributed by atoms with Gasteiger partial charge >= 0.3 is 5.69 Å². The number of rotatable bonds is 6. The van der Waals surface area contributed by atoms with Crippen LogP contribution in [0.3, 0.4) is 0 Å². The number of methoxy groups -OCH3 is 1. The van der Waals surface area contributed by atoms with Crippen molar-refractivity contribution in [3.63, 3.8) is 0 Å². The van der Waals surface area contributed by atoms with Crippen LogP contribution in [0, 0.1) is 0 Å². The Bertz CT molecular complexity index is 1040. The fourth-order valence-electron chi connectivity index (χ4n) is 4.23. The van der Waals surface area contributed by atoms with E-state index in [4.69, 9.17) is 4.74 Å². The fourth-order valence-corrected chi connectivity index (χ4v) is 4.23. The van der Waals surface area contributed by atoms with Crippen molar-refractivity contribution in [3.8, 4) is 0 Å². The highest BCUT2D eigenvalue weighted by molar-refractivity contribution is 5.97. The highest BCUT2D eigenvalue weighted by Gasteiger charge is 2.28. The molecule has 6 heteroatoms. The Hall–Kier alpha value is -2.86. The second kappa shape index (κ2) is 8.66. The van der Waals surface area contributed by atoms with Crippen LogP contribution >= 0.6 is 0 Å². The summed E-state index contributed by atoms with van der Waals surface area (Å²) in [6, 6.07) is 16.0. The number of hydrogen-bond acceptors (Lipinski definition) is 3. The molecule has 2 heterocycles. The Balaban J connectivity index is 1.58. The number of hydrogen-bond donors (Lipinski definition) is 1. The zero-order valence-electron chi connectivity index (χ0n) is 16.8. The minimum Gasteiger partial charge on any atom is -0.383 e. The van der Waals surface area contributed by atoms with Crippen molar-refractivity contribution in [1.29, 1.82) is 0 Å². The number of H-pyrrole nitrogens is 1. The van der Waals surface area contributed by atoms with Crippen molar-refractivity contribution < 1.29 is 9.53 Å². The van der Waals surface area contributed by atoms with Crippen molar-refractivity contribution >= 4 is 16.9 Å². The second-order valence-corrected chi connectivity index (χ2v) is 7.64. The molecule has 29 heavy (non-hydrogen) atoms. The number of benzene rings is 2. The van der Waals surface area contributed by atoms with Gasteiger partial charge in [0.05, 0.1) is 24.2 Å². The monoisotopic (exact) mass is 393 g/mol. The van der Waals surface area contributed by atoms with Gasteiger partial charge in [0.2, 0.25) is 0 Å². The van der Waals surface area contributed by atoms with Crippen molar-refractivity contribution in [2.24, 2.45) is 0 Å². The second-order valence-electron chi connectivity index (χ2n) is 7.64. The standard InChI is InChI=1S/C23H27N3O3/c1-29-14-13-26-21-11-10-18(16-20(21)24-23(26)28)22(27)25-12-6-5-9-19(25)15-17-7-3-2-4-8-17/h2-4,7-8,10-11,16,19H,5-6,9,12-15H2,1H3,(H,24,28). The lowest BCUT2D eigenvalue weighted by Gasteiger charge is -2.36. The number of carbonyl (C=O) groups excluding carboxylic acids is 1. The van der Waals surface area contributed by atoms with Gasteiger partial charge in [-0.15, -0.1) is 0 Å². The van der Waals surface area contributed by atoms with Crippen LogP contribution in [0.1, 0.15) is 35.2 Å². The number of imidazole rings is 1. The molecule has 3 aromatic rings. The molecule has 0 radical (unpaired) electrons. The van der Waals surface area contributed by atoms with Crippen LogP contribution in [0.25, 0.3) is 11.0 Å². The first-order chi connectivity index (χ1) is 14.2. The zero-order valence-corrected chi connectivity index (χ0v) is 16.8. The van der Waals surface area contributed by atoms with E-state index in [-0.39, 0.29) is 17.6 Å². The van der Waals surface area contributed by atoms with E-state index >= 15 is 0 Å². The summed E-state index contributed by atoms with van der Waals surface area (Å²) in [6.45, 7) is 1.72. The van der Waals surface area contributed by atoms with Crippen molar-refractivity contribution in [2.45, 2.75) is 38.3 Å². The molecular formula is C23H27N3O3. The number of aromatic nitrogens is 2. The normalized spacial score (nSPS) is 17.0. The first-order valence-corrected chi connectivity index (χ1v) is 10.2. The zero-order chi connectivity index (χ0) is 20.2. The molecule has 1 saturated heterocycles. The third kappa shape index (κ3) is 4.12. The highest BCUT2D eigenvalue weighted by atomic mass is 16.5. The van der Waals surface area contributed by atoms with Crippen molar-refractivity contribution in [1.82, 2.24) is 14.5 Å². The summed E-state index contributed by atoms with van der Waals surface area (Å²) in [5, 5.41) is 0. The molecule has 0 bridgehead atoms. The average Bonchev–Trinajstić information content (AvgIpc) is 3.07. The average molecular weight is 393 g/mol. The van der Waals surface area contributed by atoms with Gasteiger partial charge in [0.15, 0.2) is 0 Å². The minimum atomic E-state index is -0.179. The van der Waals surface area contributed by atoms with Gasteiger partial charge in [-0.2, -0.15) is 0 Å². The Morgan fingerprint density at radius 2 is 2.00 bits per heavy atom. The summed E-state index contributed by atoms with van der Waals surface area (Å²) in [6.07, 6.45) is 4.08. The van der Waals surface area contributed by atoms with Gasteiger partial charge in [-0.05, 0) is 49.4 Å². The van der Waals surface area contributed by atoms with Crippen LogP contribution < -0.4 is 5.69 Å². The van der Waals surface area contributed by atoms with Gasteiger partial charge in [0.25, 0.3) is 5.91 Å². The summed E-state index contributed by atoms with van der Waals surface area (Å²) in [7, 11) is 1.61. The molecule has 4 rings (SSSR count). The summed E-state index contributed by atoms with van der Waals surface area (Å²) < 4.78 is 6.73. The Labute approximate surface area is 170 Å². The van der Waals surface area contributed by atoms with Gasteiger partial charge in [-0.1, -0.05) is 30.3 Å². The van der Waals surface area contributed by atoms with E-state index in [1.807, 2.05) is 35.2 Å². The number of amides is 1. The molecule has 0 saturated carbocycles. The lowest BCUT2D eigenvalue weighted by molar-refractivity contribution is 0.0613. The molecule has 152 valence electrons. The van der Waals surface area contributed by atoms with Gasteiger partial charge in [0, 0.05) is 25.3 Å². The maximum absolute atomic E-state index is 13.3. The number of carbonyl (C=O) groups is 1. The van der Waals surface area contributed by atoms with Gasteiger partial charge < -0.3 is 14.6 Å². The van der Waals surface area contributed by atoms with Crippen LogP contribution in [-0.2, 0) is 17.7 Å². The molecule has 1 aliphatic rings. The number of nitrogens with one attached hydrogen (secondary N) is 1. The van der Waals surface area contributed by atoms with Crippen LogP contribution in [0.4, 0.5) is 0 Å². The van der Waals surface area contributed by atoms with E-state index in [1.165, 1.54) is 5.56 Å². The topological polar surface area (TPSA) is 67.3 Å². The fraction of sp³-hybridized carbons (Fsp3) is 0.391. The molecule has 1 amide bonds. The molecule has 1 unspecified atom stereocenters. The first kappa shape index (κ1) is 19.5. The third-order valence-corrected chi connectivity index (χ3v) is 5.74. The maximum atomic E-state index is 13.3. The predicted molar refractivity (Wildman–Crippen MR) is 113 cm³/mol.